The zero-order chi connectivity index (χ0) is 14.0. The maximum absolute atomic E-state index is 11.6. The van der Waals surface area contributed by atoms with E-state index < -0.39 is 0 Å². The second-order valence-electron chi connectivity index (χ2n) is 4.71. The maximum atomic E-state index is 11.6. The SMILES string of the molecule is CC(=O)CCCCCNC(=O)C(C)CCC(N)=O. The van der Waals surface area contributed by atoms with Crippen LogP contribution in [0.15, 0.2) is 0 Å². The van der Waals surface area contributed by atoms with E-state index in [4.69, 9.17) is 5.73 Å². The van der Waals surface area contributed by atoms with E-state index in [-0.39, 0.29) is 29.9 Å². The van der Waals surface area contributed by atoms with Gasteiger partial charge >= 0.3 is 0 Å². The number of primary amides is 1. The number of hydrogen-bond donors (Lipinski definition) is 2. The molecule has 0 saturated heterocycles. The van der Waals surface area contributed by atoms with Gasteiger partial charge in [0.2, 0.25) is 11.8 Å². The highest BCUT2D eigenvalue weighted by Gasteiger charge is 2.12. The lowest BCUT2D eigenvalue weighted by atomic mass is 10.0. The maximum Gasteiger partial charge on any atom is 0.222 e. The number of carbonyl (C=O) groups excluding carboxylic acids is 3. The number of amides is 2. The van der Waals surface area contributed by atoms with E-state index in [0.717, 1.165) is 19.3 Å². The lowest BCUT2D eigenvalue weighted by Crippen LogP contribution is -2.30. The van der Waals surface area contributed by atoms with Crippen LogP contribution in [0.3, 0.4) is 0 Å². The predicted molar refractivity (Wildman–Crippen MR) is 69.8 cm³/mol. The minimum atomic E-state index is -0.376. The molecule has 0 aliphatic heterocycles. The van der Waals surface area contributed by atoms with Gasteiger partial charge in [0.05, 0.1) is 0 Å². The Labute approximate surface area is 108 Å². The third kappa shape index (κ3) is 9.81. The molecular formula is C13H24N2O3. The van der Waals surface area contributed by atoms with E-state index in [1.165, 1.54) is 0 Å². The number of carbonyl (C=O) groups is 3. The Morgan fingerprint density at radius 1 is 1.11 bits per heavy atom. The van der Waals surface area contributed by atoms with Gasteiger partial charge in [-0.2, -0.15) is 0 Å². The van der Waals surface area contributed by atoms with Gasteiger partial charge in [-0.25, -0.2) is 0 Å². The normalized spacial score (nSPS) is 11.9. The first-order valence-electron chi connectivity index (χ1n) is 6.49. The van der Waals surface area contributed by atoms with Gasteiger partial charge in [-0.05, 0) is 26.2 Å². The van der Waals surface area contributed by atoms with Crippen molar-refractivity contribution in [2.75, 3.05) is 6.54 Å². The highest BCUT2D eigenvalue weighted by atomic mass is 16.2. The van der Waals surface area contributed by atoms with Crippen LogP contribution >= 0.6 is 0 Å². The van der Waals surface area contributed by atoms with E-state index >= 15 is 0 Å². The highest BCUT2D eigenvalue weighted by molar-refractivity contribution is 5.79. The average molecular weight is 256 g/mol. The fraction of sp³-hybridized carbons (Fsp3) is 0.769. The van der Waals surface area contributed by atoms with E-state index in [9.17, 15) is 14.4 Å². The van der Waals surface area contributed by atoms with Crippen molar-refractivity contribution in [1.29, 1.82) is 0 Å². The van der Waals surface area contributed by atoms with Gasteiger partial charge in [-0.1, -0.05) is 13.3 Å². The second-order valence-corrected chi connectivity index (χ2v) is 4.71. The fourth-order valence-corrected chi connectivity index (χ4v) is 1.55. The second kappa shape index (κ2) is 9.62. The number of nitrogens with two attached hydrogens (primary N) is 1. The van der Waals surface area contributed by atoms with Crippen LogP contribution in [0.1, 0.15) is 52.4 Å². The van der Waals surface area contributed by atoms with Crippen LogP contribution in [-0.4, -0.2) is 24.1 Å². The van der Waals surface area contributed by atoms with E-state index in [2.05, 4.69) is 5.32 Å². The first-order chi connectivity index (χ1) is 8.43. The molecule has 0 aromatic rings. The Bertz CT molecular complexity index is 290. The quantitative estimate of drug-likeness (QED) is 0.575. The minimum absolute atomic E-state index is 0.0391. The molecule has 0 spiro atoms. The molecule has 2 amide bonds. The molecule has 0 rings (SSSR count). The summed E-state index contributed by atoms with van der Waals surface area (Å²) >= 11 is 0. The predicted octanol–water partition coefficient (Wildman–Crippen LogP) is 1.15. The first kappa shape index (κ1) is 16.6. The first-order valence-corrected chi connectivity index (χ1v) is 6.49. The molecule has 0 fully saturated rings. The van der Waals surface area contributed by atoms with E-state index in [1.807, 2.05) is 0 Å². The fourth-order valence-electron chi connectivity index (χ4n) is 1.55. The van der Waals surface area contributed by atoms with Crippen molar-refractivity contribution in [3.8, 4) is 0 Å². The summed E-state index contributed by atoms with van der Waals surface area (Å²) in [5, 5.41) is 2.82. The monoisotopic (exact) mass is 256 g/mol. The number of nitrogens with one attached hydrogen (secondary N) is 1. The highest BCUT2D eigenvalue weighted by Crippen LogP contribution is 2.05. The summed E-state index contributed by atoms with van der Waals surface area (Å²) < 4.78 is 0. The van der Waals surface area contributed by atoms with Crippen molar-refractivity contribution in [3.05, 3.63) is 0 Å². The molecule has 5 heteroatoms. The van der Waals surface area contributed by atoms with Crippen LogP contribution in [0, 0.1) is 5.92 Å². The molecular weight excluding hydrogens is 232 g/mol. The van der Waals surface area contributed by atoms with Crippen LogP contribution in [0.4, 0.5) is 0 Å². The van der Waals surface area contributed by atoms with Crippen molar-refractivity contribution >= 4 is 17.6 Å². The summed E-state index contributed by atoms with van der Waals surface area (Å²) in [5.41, 5.74) is 5.02. The third-order valence-electron chi connectivity index (χ3n) is 2.78. The third-order valence-corrected chi connectivity index (χ3v) is 2.78. The molecule has 0 saturated carbocycles. The van der Waals surface area contributed by atoms with Crippen LogP contribution in [0.5, 0.6) is 0 Å². The summed E-state index contributed by atoms with van der Waals surface area (Å²) in [4.78, 5) is 32.8. The zero-order valence-electron chi connectivity index (χ0n) is 11.3. The molecule has 0 aliphatic rings. The van der Waals surface area contributed by atoms with Crippen molar-refractivity contribution in [2.45, 2.75) is 52.4 Å². The van der Waals surface area contributed by atoms with Gasteiger partial charge in [-0.15, -0.1) is 0 Å². The van der Waals surface area contributed by atoms with Crippen molar-refractivity contribution in [3.63, 3.8) is 0 Å². The largest absolute Gasteiger partial charge is 0.370 e. The molecule has 18 heavy (non-hydrogen) atoms. The molecule has 0 heterocycles. The van der Waals surface area contributed by atoms with Gasteiger partial charge in [0.1, 0.15) is 5.78 Å². The molecule has 0 aromatic heterocycles. The molecule has 0 radical (unpaired) electrons. The van der Waals surface area contributed by atoms with Gasteiger partial charge < -0.3 is 15.8 Å². The van der Waals surface area contributed by atoms with Gasteiger partial charge in [0.25, 0.3) is 0 Å². The molecule has 1 atom stereocenters. The molecule has 0 bridgehead atoms. The Balaban J connectivity index is 3.51. The Kier molecular flexibility index (Phi) is 8.88. The number of ketones is 1. The van der Waals surface area contributed by atoms with Crippen LogP contribution in [0.25, 0.3) is 0 Å². The van der Waals surface area contributed by atoms with Gasteiger partial charge in [-0.3, -0.25) is 9.59 Å². The molecule has 1 unspecified atom stereocenters. The summed E-state index contributed by atoms with van der Waals surface area (Å²) in [6, 6.07) is 0. The van der Waals surface area contributed by atoms with Gasteiger partial charge in [0.15, 0.2) is 0 Å². The van der Waals surface area contributed by atoms with Crippen LogP contribution < -0.4 is 11.1 Å². The minimum Gasteiger partial charge on any atom is -0.370 e. The Hall–Kier alpha value is -1.39. The summed E-state index contributed by atoms with van der Waals surface area (Å²) in [6.45, 7) is 3.99. The number of unbranched alkanes of at least 4 members (excludes halogenated alkanes) is 2. The Morgan fingerprint density at radius 3 is 2.33 bits per heavy atom. The lowest BCUT2D eigenvalue weighted by molar-refractivity contribution is -0.125. The number of hydrogen-bond acceptors (Lipinski definition) is 3. The number of rotatable bonds is 10. The smallest absolute Gasteiger partial charge is 0.222 e. The van der Waals surface area contributed by atoms with Crippen LogP contribution in [-0.2, 0) is 14.4 Å². The van der Waals surface area contributed by atoms with Crippen molar-refractivity contribution in [2.24, 2.45) is 11.7 Å². The molecule has 0 aromatic carbocycles. The topological polar surface area (TPSA) is 89.3 Å². The lowest BCUT2D eigenvalue weighted by Gasteiger charge is -2.11. The Morgan fingerprint density at radius 2 is 1.78 bits per heavy atom. The molecule has 104 valence electrons. The molecule has 3 N–H and O–H groups in total. The zero-order valence-corrected chi connectivity index (χ0v) is 11.3. The summed E-state index contributed by atoms with van der Waals surface area (Å²) in [5.74, 6) is -0.393. The van der Waals surface area contributed by atoms with Crippen molar-refractivity contribution < 1.29 is 14.4 Å². The molecule has 5 nitrogen and oxygen atoms in total. The average Bonchev–Trinajstić information content (AvgIpc) is 2.29. The summed E-state index contributed by atoms with van der Waals surface area (Å²) in [7, 11) is 0. The van der Waals surface area contributed by atoms with Crippen LogP contribution in [0.2, 0.25) is 0 Å². The van der Waals surface area contributed by atoms with Gasteiger partial charge in [0, 0.05) is 25.3 Å². The summed E-state index contributed by atoms with van der Waals surface area (Å²) in [6.07, 6.45) is 4.04. The van der Waals surface area contributed by atoms with E-state index in [0.29, 0.717) is 19.4 Å². The van der Waals surface area contributed by atoms with Crippen molar-refractivity contribution in [1.82, 2.24) is 5.32 Å². The standard InChI is InChI=1S/C13H24N2O3/c1-10(7-8-12(14)17)13(18)15-9-5-3-4-6-11(2)16/h10H,3-9H2,1-2H3,(H2,14,17)(H,15,18). The number of Topliss-reactive ketones (excluding diaryl/α,β-unsaturated/α-hetero) is 1. The van der Waals surface area contributed by atoms with E-state index in [1.54, 1.807) is 13.8 Å². The molecule has 0 aliphatic carbocycles.